The zero-order valence-electron chi connectivity index (χ0n) is 3.65. The molecule has 4 heteroatoms. The van der Waals surface area contributed by atoms with Crippen molar-refractivity contribution in [3.63, 3.8) is 0 Å². The van der Waals surface area contributed by atoms with Gasteiger partial charge in [0, 0.05) is 0 Å². The minimum Gasteiger partial charge on any atom is -0.466 e. The predicted molar refractivity (Wildman–Crippen MR) is 25.8 cm³/mol. The SMILES string of the molecule is COC(=O)[C@H](F)Br. The van der Waals surface area contributed by atoms with Gasteiger partial charge in [-0.1, -0.05) is 0 Å². The number of esters is 1. The fourth-order valence-electron chi connectivity index (χ4n) is 0.0891. The molecule has 0 heterocycles. The Morgan fingerprint density at radius 3 is 2.43 bits per heavy atom. The highest BCUT2D eigenvalue weighted by Gasteiger charge is 2.10. The van der Waals surface area contributed by atoms with Gasteiger partial charge in [-0.3, -0.25) is 0 Å². The highest BCUT2D eigenvalue weighted by atomic mass is 79.9. The predicted octanol–water partition coefficient (Wildman–Crippen LogP) is 0.850. The van der Waals surface area contributed by atoms with Gasteiger partial charge in [-0.05, 0) is 15.9 Å². The lowest BCUT2D eigenvalue weighted by Gasteiger charge is -1.93. The smallest absolute Gasteiger partial charge is 0.351 e. The van der Waals surface area contributed by atoms with Crippen molar-refractivity contribution >= 4 is 21.9 Å². The Hall–Kier alpha value is -0.120. The van der Waals surface area contributed by atoms with Gasteiger partial charge in [-0.25, -0.2) is 9.18 Å². The Bertz CT molecular complexity index is 73.3. The van der Waals surface area contributed by atoms with Crippen LogP contribution in [-0.4, -0.2) is 18.2 Å². The van der Waals surface area contributed by atoms with Gasteiger partial charge >= 0.3 is 5.97 Å². The first-order valence-electron chi connectivity index (χ1n) is 1.54. The maximum atomic E-state index is 11.5. The molecule has 0 aliphatic rings. The zero-order chi connectivity index (χ0) is 5.86. The number of rotatable bonds is 1. The van der Waals surface area contributed by atoms with E-state index in [9.17, 15) is 9.18 Å². The third-order valence-corrected chi connectivity index (χ3v) is 0.753. The van der Waals surface area contributed by atoms with Crippen LogP contribution >= 0.6 is 15.9 Å². The van der Waals surface area contributed by atoms with Gasteiger partial charge in [0.05, 0.1) is 7.11 Å². The number of ether oxygens (including phenoxy) is 1. The molecule has 0 N–H and O–H groups in total. The molecule has 7 heavy (non-hydrogen) atoms. The molecule has 0 rings (SSSR count). The van der Waals surface area contributed by atoms with Gasteiger partial charge < -0.3 is 4.74 Å². The quantitative estimate of drug-likeness (QED) is 0.431. The van der Waals surface area contributed by atoms with Crippen LogP contribution in [0.1, 0.15) is 0 Å². The molecule has 0 amide bonds. The number of alkyl halides is 2. The number of carbonyl (C=O) groups is 1. The average Bonchev–Trinajstić information content (AvgIpc) is 1.65. The van der Waals surface area contributed by atoms with Crippen LogP contribution in [0.4, 0.5) is 4.39 Å². The molecule has 0 aliphatic carbocycles. The molecule has 0 fully saturated rings. The normalized spacial score (nSPS) is 13.0. The molecule has 0 aromatic heterocycles. The van der Waals surface area contributed by atoms with E-state index in [1.807, 2.05) is 0 Å². The Balaban J connectivity index is 3.35. The van der Waals surface area contributed by atoms with E-state index in [1.165, 1.54) is 0 Å². The average molecular weight is 171 g/mol. The van der Waals surface area contributed by atoms with Gasteiger partial charge in [-0.15, -0.1) is 0 Å². The number of hydrogen-bond acceptors (Lipinski definition) is 2. The number of carbonyl (C=O) groups excluding carboxylic acids is 1. The molecule has 0 saturated carbocycles. The molecule has 0 aromatic rings. The molecular weight excluding hydrogens is 167 g/mol. The summed E-state index contributed by atoms with van der Waals surface area (Å²) in [5, 5.41) is -1.68. The van der Waals surface area contributed by atoms with Crippen molar-refractivity contribution in [1.82, 2.24) is 0 Å². The van der Waals surface area contributed by atoms with Crippen molar-refractivity contribution in [3.8, 4) is 0 Å². The number of methoxy groups -OCH3 is 1. The second-order valence-corrected chi connectivity index (χ2v) is 1.63. The third-order valence-electron chi connectivity index (χ3n) is 0.379. The van der Waals surface area contributed by atoms with Crippen molar-refractivity contribution < 1.29 is 13.9 Å². The van der Waals surface area contributed by atoms with E-state index in [0.29, 0.717) is 0 Å². The van der Waals surface area contributed by atoms with Crippen LogP contribution in [0.2, 0.25) is 0 Å². The summed E-state index contributed by atoms with van der Waals surface area (Å²) in [6.45, 7) is 0. The van der Waals surface area contributed by atoms with Crippen LogP contribution in [0, 0.1) is 0 Å². The Labute approximate surface area is 48.8 Å². The van der Waals surface area contributed by atoms with Crippen LogP contribution in [0.3, 0.4) is 0 Å². The van der Waals surface area contributed by atoms with E-state index in [1.54, 1.807) is 0 Å². The fraction of sp³-hybridized carbons (Fsp3) is 0.667. The highest BCUT2D eigenvalue weighted by molar-refractivity contribution is 9.09. The van der Waals surface area contributed by atoms with Crippen molar-refractivity contribution in [3.05, 3.63) is 0 Å². The van der Waals surface area contributed by atoms with E-state index in [0.717, 1.165) is 7.11 Å². The molecular formula is C3H4BrFO2. The molecule has 0 spiro atoms. The minimum atomic E-state index is -1.68. The van der Waals surface area contributed by atoms with Gasteiger partial charge in [0.1, 0.15) is 0 Å². The minimum absolute atomic E-state index is 0.903. The van der Waals surface area contributed by atoms with Crippen LogP contribution < -0.4 is 0 Å². The molecule has 1 atom stereocenters. The summed E-state index contributed by atoms with van der Waals surface area (Å²) >= 11 is 2.36. The summed E-state index contributed by atoms with van der Waals surface area (Å²) in [6.07, 6.45) is 0. The summed E-state index contributed by atoms with van der Waals surface area (Å²) in [7, 11) is 1.12. The van der Waals surface area contributed by atoms with E-state index >= 15 is 0 Å². The van der Waals surface area contributed by atoms with E-state index in [-0.39, 0.29) is 0 Å². The van der Waals surface area contributed by atoms with Crippen molar-refractivity contribution in [2.45, 2.75) is 5.08 Å². The Morgan fingerprint density at radius 1 is 2.00 bits per heavy atom. The summed E-state index contributed by atoms with van der Waals surface area (Å²) in [4.78, 5) is 9.87. The monoisotopic (exact) mass is 170 g/mol. The van der Waals surface area contributed by atoms with Crippen LogP contribution in [0.5, 0.6) is 0 Å². The zero-order valence-corrected chi connectivity index (χ0v) is 5.24. The van der Waals surface area contributed by atoms with E-state index in [2.05, 4.69) is 20.7 Å². The maximum Gasteiger partial charge on any atom is 0.351 e. The van der Waals surface area contributed by atoms with Crippen molar-refractivity contribution in [2.75, 3.05) is 7.11 Å². The lowest BCUT2D eigenvalue weighted by atomic mass is 10.8. The van der Waals surface area contributed by atoms with Crippen LogP contribution in [0.25, 0.3) is 0 Å². The first-order chi connectivity index (χ1) is 3.18. The Morgan fingerprint density at radius 2 is 2.43 bits per heavy atom. The summed E-state index contributed by atoms with van der Waals surface area (Å²) in [5.74, 6) is -0.903. The van der Waals surface area contributed by atoms with Gasteiger partial charge in [0.25, 0.3) is 5.08 Å². The molecule has 42 valence electrons. The molecule has 0 aromatic carbocycles. The number of halogens is 2. The fourth-order valence-corrected chi connectivity index (χ4v) is 0.276. The summed E-state index contributed by atoms with van der Waals surface area (Å²) < 4.78 is 15.5. The topological polar surface area (TPSA) is 26.3 Å². The number of hydrogen-bond donors (Lipinski definition) is 0. The standard InChI is InChI=1S/C3H4BrFO2/c1-7-3(6)2(4)5/h2H,1H3/t2-/m0/s1. The van der Waals surface area contributed by atoms with Crippen molar-refractivity contribution in [2.24, 2.45) is 0 Å². The van der Waals surface area contributed by atoms with E-state index < -0.39 is 11.1 Å². The lowest BCUT2D eigenvalue weighted by Crippen LogP contribution is -2.09. The highest BCUT2D eigenvalue weighted by Crippen LogP contribution is 2.00. The summed E-state index contributed by atoms with van der Waals surface area (Å²) in [6, 6.07) is 0. The molecule has 2 nitrogen and oxygen atoms in total. The molecule has 0 saturated heterocycles. The first-order valence-corrected chi connectivity index (χ1v) is 2.46. The van der Waals surface area contributed by atoms with Gasteiger partial charge in [0.2, 0.25) is 0 Å². The second-order valence-electron chi connectivity index (χ2n) is 0.824. The van der Waals surface area contributed by atoms with Gasteiger partial charge in [-0.2, -0.15) is 0 Å². The molecule has 0 radical (unpaired) electrons. The van der Waals surface area contributed by atoms with Crippen molar-refractivity contribution in [1.29, 1.82) is 0 Å². The van der Waals surface area contributed by atoms with Crippen LogP contribution in [-0.2, 0) is 9.53 Å². The third kappa shape index (κ3) is 2.56. The lowest BCUT2D eigenvalue weighted by molar-refractivity contribution is -0.142. The summed E-state index contributed by atoms with van der Waals surface area (Å²) in [5.41, 5.74) is 0. The largest absolute Gasteiger partial charge is 0.466 e. The van der Waals surface area contributed by atoms with Crippen LogP contribution in [0.15, 0.2) is 0 Å². The molecule has 0 unspecified atom stereocenters. The molecule has 0 aliphatic heterocycles. The second kappa shape index (κ2) is 2.96. The van der Waals surface area contributed by atoms with Gasteiger partial charge in [0.15, 0.2) is 0 Å². The first kappa shape index (κ1) is 6.88. The maximum absolute atomic E-state index is 11.5. The molecule has 0 bridgehead atoms. The Kier molecular flexibility index (Phi) is 2.91. The van der Waals surface area contributed by atoms with E-state index in [4.69, 9.17) is 0 Å².